The van der Waals surface area contributed by atoms with Crippen molar-refractivity contribution < 1.29 is 24.2 Å². The number of hydrogen-bond donors (Lipinski definition) is 1. The summed E-state index contributed by atoms with van der Waals surface area (Å²) in [5.41, 5.74) is 3.79. The van der Waals surface area contributed by atoms with Crippen molar-refractivity contribution in [3.05, 3.63) is 99.5 Å². The maximum absolute atomic E-state index is 13.7. The van der Waals surface area contributed by atoms with Crippen LogP contribution in [-0.2, 0) is 15.3 Å². The molecule has 10 nitrogen and oxygen atoms in total. The van der Waals surface area contributed by atoms with Gasteiger partial charge in [0.2, 0.25) is 5.13 Å². The van der Waals surface area contributed by atoms with E-state index >= 15 is 0 Å². The first-order valence-corrected chi connectivity index (χ1v) is 15.6. The summed E-state index contributed by atoms with van der Waals surface area (Å²) in [5, 5.41) is 21.2. The lowest BCUT2D eigenvalue weighted by Gasteiger charge is -2.23. The number of thioether (sulfide) groups is 1. The minimum Gasteiger partial charge on any atom is -0.505 e. The molecular weight excluding hydrogens is 622 g/mol. The van der Waals surface area contributed by atoms with Crippen molar-refractivity contribution in [1.29, 1.82) is 0 Å². The van der Waals surface area contributed by atoms with Crippen molar-refractivity contribution in [1.82, 2.24) is 19.6 Å². The van der Waals surface area contributed by atoms with Gasteiger partial charge < -0.3 is 19.0 Å². The molecule has 3 aromatic heterocycles. The number of carbonyl (C=O) groups excluding carboxylic acids is 2. The third-order valence-corrected chi connectivity index (χ3v) is 9.73. The molecule has 1 aliphatic heterocycles. The van der Waals surface area contributed by atoms with Gasteiger partial charge in [-0.3, -0.25) is 14.5 Å². The number of benzene rings is 2. The van der Waals surface area contributed by atoms with Gasteiger partial charge in [0.1, 0.15) is 11.3 Å². The number of aromatic nitrogens is 4. The molecular formula is C31H26ClN5O5S2. The predicted molar refractivity (Wildman–Crippen MR) is 170 cm³/mol. The van der Waals surface area contributed by atoms with Crippen LogP contribution in [0.3, 0.4) is 0 Å². The van der Waals surface area contributed by atoms with Crippen molar-refractivity contribution in [3.8, 4) is 11.5 Å². The van der Waals surface area contributed by atoms with E-state index in [0.717, 1.165) is 11.1 Å². The van der Waals surface area contributed by atoms with Gasteiger partial charge in [0.25, 0.3) is 5.78 Å². The van der Waals surface area contributed by atoms with Crippen molar-refractivity contribution in [2.75, 3.05) is 19.1 Å². The van der Waals surface area contributed by atoms with Crippen molar-refractivity contribution in [2.24, 2.45) is 0 Å². The molecule has 1 fully saturated rings. The maximum Gasteiger partial charge on any atom is 0.301 e. The second-order valence-corrected chi connectivity index (χ2v) is 12.6. The molecule has 224 valence electrons. The average molecular weight is 648 g/mol. The van der Waals surface area contributed by atoms with Crippen LogP contribution in [0.25, 0.3) is 11.4 Å². The summed E-state index contributed by atoms with van der Waals surface area (Å²) in [6.45, 7) is 3.71. The third-order valence-electron chi connectivity index (χ3n) is 7.35. The molecule has 1 saturated heterocycles. The van der Waals surface area contributed by atoms with Crippen LogP contribution in [0.2, 0.25) is 5.02 Å². The minimum atomic E-state index is -1.04. The summed E-state index contributed by atoms with van der Waals surface area (Å²) in [4.78, 5) is 33.4. The Balaban J connectivity index is 1.46. The topological polar surface area (TPSA) is 119 Å². The highest BCUT2D eigenvalue weighted by Gasteiger charge is 2.49. The number of ether oxygens (including phenoxy) is 2. The van der Waals surface area contributed by atoms with Crippen LogP contribution >= 0.6 is 34.7 Å². The molecule has 1 atom stereocenters. The van der Waals surface area contributed by atoms with Gasteiger partial charge in [-0.15, -0.1) is 10.2 Å². The van der Waals surface area contributed by atoms with E-state index in [0.29, 0.717) is 43.5 Å². The first-order chi connectivity index (χ1) is 21.2. The number of imidazole rings is 1. The standard InChI is InChI=1S/C31H26ClN5O5S2/c1-16-6-5-13-36-17(2)24(33-28(16)36)26(38)23-25(19-9-12-21(41-3)22(14-19)42-4)37(29(40)27(23)39)30-34-35-31(44-30)43-15-18-7-10-20(32)11-8-18/h5-14,25,38H,15H2,1-4H3. The van der Waals surface area contributed by atoms with Crippen LogP contribution in [0.4, 0.5) is 5.13 Å². The lowest BCUT2D eigenvalue weighted by molar-refractivity contribution is -0.132. The number of aryl methyl sites for hydroxylation is 2. The van der Waals surface area contributed by atoms with E-state index in [1.807, 2.05) is 53.9 Å². The molecule has 0 radical (unpaired) electrons. The number of hydrogen-bond acceptors (Lipinski definition) is 10. The molecule has 0 aliphatic carbocycles. The van der Waals surface area contributed by atoms with Crippen LogP contribution in [0, 0.1) is 13.8 Å². The van der Waals surface area contributed by atoms with Crippen LogP contribution in [0.1, 0.15) is 34.1 Å². The molecule has 4 heterocycles. The SMILES string of the molecule is COc1ccc(C2C(=C(O)c3nc4c(C)cccn4c3C)C(=O)C(=O)N2c2nnc(SCc3ccc(Cl)cc3)s2)cc1OC. The predicted octanol–water partition coefficient (Wildman–Crippen LogP) is 6.39. The quantitative estimate of drug-likeness (QED) is 0.0671. The second-order valence-electron chi connectivity index (χ2n) is 9.98. The number of pyridine rings is 1. The van der Waals surface area contributed by atoms with Crippen LogP contribution < -0.4 is 14.4 Å². The number of halogens is 1. The van der Waals surface area contributed by atoms with Gasteiger partial charge in [-0.1, -0.05) is 59.0 Å². The average Bonchev–Trinajstić information content (AvgIpc) is 3.71. The van der Waals surface area contributed by atoms with Crippen LogP contribution in [-0.4, -0.2) is 50.6 Å². The number of aliphatic hydroxyl groups is 1. The summed E-state index contributed by atoms with van der Waals surface area (Å²) < 4.78 is 13.4. The van der Waals surface area contributed by atoms with Gasteiger partial charge in [0, 0.05) is 17.0 Å². The van der Waals surface area contributed by atoms with Gasteiger partial charge >= 0.3 is 5.91 Å². The number of aliphatic hydroxyl groups excluding tert-OH is 1. The Morgan fingerprint density at radius 2 is 1.80 bits per heavy atom. The molecule has 44 heavy (non-hydrogen) atoms. The Hall–Kier alpha value is -4.39. The Labute approximate surface area is 265 Å². The second kappa shape index (κ2) is 11.9. The number of carbonyl (C=O) groups is 2. The van der Waals surface area contributed by atoms with Gasteiger partial charge in [0.15, 0.2) is 21.6 Å². The monoisotopic (exact) mass is 647 g/mol. The van der Waals surface area contributed by atoms with Gasteiger partial charge in [-0.2, -0.15) is 0 Å². The third kappa shape index (κ3) is 5.18. The molecule has 1 aliphatic rings. The highest BCUT2D eigenvalue weighted by molar-refractivity contribution is 8.00. The summed E-state index contributed by atoms with van der Waals surface area (Å²) in [6.07, 6.45) is 1.83. The van der Waals surface area contributed by atoms with Crippen LogP contribution in [0.5, 0.6) is 11.5 Å². The fourth-order valence-electron chi connectivity index (χ4n) is 5.13. The molecule has 6 rings (SSSR count). The first-order valence-electron chi connectivity index (χ1n) is 13.4. The van der Waals surface area contributed by atoms with Gasteiger partial charge in [-0.05, 0) is 60.9 Å². The van der Waals surface area contributed by atoms with E-state index < -0.39 is 17.7 Å². The molecule has 2 aromatic carbocycles. The Kier molecular flexibility index (Phi) is 8.06. The van der Waals surface area contributed by atoms with E-state index in [2.05, 4.69) is 15.2 Å². The van der Waals surface area contributed by atoms with Crippen molar-refractivity contribution in [3.63, 3.8) is 0 Å². The molecule has 13 heteroatoms. The van der Waals surface area contributed by atoms with Crippen molar-refractivity contribution in [2.45, 2.75) is 30.0 Å². The summed E-state index contributed by atoms with van der Waals surface area (Å²) in [7, 11) is 3.01. The minimum absolute atomic E-state index is 0.114. The lowest BCUT2D eigenvalue weighted by Crippen LogP contribution is -2.29. The summed E-state index contributed by atoms with van der Waals surface area (Å²) in [6, 6.07) is 15.3. The number of Topliss-reactive ketones (excluding diaryl/α,β-unsaturated/α-hetero) is 1. The van der Waals surface area contributed by atoms with Crippen LogP contribution in [0.15, 0.2) is 70.7 Å². The molecule has 1 amide bonds. The first kappa shape index (κ1) is 29.7. The molecule has 0 bridgehead atoms. The fraction of sp³-hybridized carbons (Fsp3) is 0.194. The Morgan fingerprint density at radius 1 is 1.05 bits per heavy atom. The zero-order chi connectivity index (χ0) is 31.1. The number of rotatable bonds is 8. The van der Waals surface area contributed by atoms with E-state index in [1.54, 1.807) is 25.1 Å². The zero-order valence-corrected chi connectivity index (χ0v) is 26.5. The van der Waals surface area contributed by atoms with E-state index in [1.165, 1.54) is 42.2 Å². The molecule has 0 saturated carbocycles. The summed E-state index contributed by atoms with van der Waals surface area (Å²) in [5.74, 6) is -0.609. The Bertz CT molecular complexity index is 1950. The molecule has 0 spiro atoms. The molecule has 5 aromatic rings. The fourth-order valence-corrected chi connectivity index (χ4v) is 7.08. The van der Waals surface area contributed by atoms with Crippen molar-refractivity contribution >= 4 is 62.9 Å². The highest BCUT2D eigenvalue weighted by atomic mass is 35.5. The number of ketones is 1. The maximum atomic E-state index is 13.7. The van der Waals surface area contributed by atoms with Gasteiger partial charge in [-0.25, -0.2) is 4.98 Å². The van der Waals surface area contributed by atoms with E-state index in [-0.39, 0.29) is 22.2 Å². The summed E-state index contributed by atoms with van der Waals surface area (Å²) >= 11 is 8.63. The normalized spacial score (nSPS) is 16.2. The number of fused-ring (bicyclic) bond motifs is 1. The number of methoxy groups -OCH3 is 2. The molecule has 1 N–H and O–H groups in total. The zero-order valence-electron chi connectivity index (χ0n) is 24.1. The van der Waals surface area contributed by atoms with Gasteiger partial charge in [0.05, 0.1) is 31.5 Å². The lowest BCUT2D eigenvalue weighted by atomic mass is 9.96. The van der Waals surface area contributed by atoms with E-state index in [9.17, 15) is 14.7 Å². The highest BCUT2D eigenvalue weighted by Crippen LogP contribution is 2.46. The Morgan fingerprint density at radius 3 is 2.50 bits per heavy atom. The van der Waals surface area contributed by atoms with E-state index in [4.69, 9.17) is 21.1 Å². The number of amides is 1. The smallest absolute Gasteiger partial charge is 0.301 e. The number of nitrogens with zero attached hydrogens (tertiary/aromatic N) is 5. The number of anilines is 1. The largest absolute Gasteiger partial charge is 0.505 e. The molecule has 1 unspecified atom stereocenters.